The summed E-state index contributed by atoms with van der Waals surface area (Å²) in [4.78, 5) is 12.4. The van der Waals surface area contributed by atoms with Crippen LogP contribution in [0.5, 0.6) is 0 Å². The molecule has 0 aromatic heterocycles. The lowest BCUT2D eigenvalue weighted by Crippen LogP contribution is -2.55. The van der Waals surface area contributed by atoms with Crippen molar-refractivity contribution >= 4 is 5.78 Å². The molecule has 0 aromatic rings. The zero-order valence-electron chi connectivity index (χ0n) is 22.8. The maximum Gasteiger partial charge on any atom is 0.158 e. The average Bonchev–Trinajstić information content (AvgIpc) is 3.02. The lowest BCUT2D eigenvalue weighted by Gasteiger charge is -2.62. The first-order chi connectivity index (χ1) is 15.2. The van der Waals surface area contributed by atoms with Crippen molar-refractivity contribution in [2.75, 3.05) is 0 Å². The number of Topliss-reactive ketones (excluding diaryl/α,β-unsaturated/α-hetero) is 1. The quantitative estimate of drug-likeness (QED) is 0.338. The topological polar surface area (TPSA) is 37.3 Å². The van der Waals surface area contributed by atoms with Gasteiger partial charge in [-0.2, -0.15) is 0 Å². The van der Waals surface area contributed by atoms with Gasteiger partial charge in [0.1, 0.15) is 0 Å². The Morgan fingerprint density at radius 1 is 1.00 bits per heavy atom. The number of carbonyl (C=O) groups is 1. The summed E-state index contributed by atoms with van der Waals surface area (Å²) in [7, 11) is 0. The largest absolute Gasteiger partial charge is 0.393 e. The van der Waals surface area contributed by atoms with E-state index >= 15 is 0 Å². The van der Waals surface area contributed by atoms with E-state index in [1.54, 1.807) is 5.57 Å². The lowest BCUT2D eigenvalue weighted by molar-refractivity contribution is -0.117. The Hall–Kier alpha value is -0.890. The summed E-state index contributed by atoms with van der Waals surface area (Å²) < 4.78 is 0. The van der Waals surface area contributed by atoms with Gasteiger partial charge in [0.05, 0.1) is 6.10 Å². The van der Waals surface area contributed by atoms with Gasteiger partial charge in [-0.05, 0) is 109 Å². The number of aliphatic hydroxyl groups excluding tert-OH is 1. The predicted molar refractivity (Wildman–Crippen MR) is 138 cm³/mol. The molecule has 33 heavy (non-hydrogen) atoms. The van der Waals surface area contributed by atoms with Crippen LogP contribution in [-0.2, 0) is 4.79 Å². The maximum atomic E-state index is 12.4. The zero-order valence-corrected chi connectivity index (χ0v) is 22.8. The third-order valence-corrected chi connectivity index (χ3v) is 12.3. The van der Waals surface area contributed by atoms with Gasteiger partial charge in [-0.15, -0.1) is 0 Å². The molecule has 0 saturated heterocycles. The Morgan fingerprint density at radius 2 is 1.67 bits per heavy atom. The number of ketones is 1. The smallest absolute Gasteiger partial charge is 0.158 e. The first kappa shape index (κ1) is 25.2. The van der Waals surface area contributed by atoms with Gasteiger partial charge in [0.25, 0.3) is 0 Å². The van der Waals surface area contributed by atoms with Crippen molar-refractivity contribution in [3.8, 4) is 0 Å². The van der Waals surface area contributed by atoms with E-state index in [0.717, 1.165) is 12.8 Å². The third kappa shape index (κ3) is 3.47. The molecule has 2 heteroatoms. The van der Waals surface area contributed by atoms with Crippen LogP contribution in [0, 0.1) is 45.3 Å². The van der Waals surface area contributed by atoms with Crippen molar-refractivity contribution in [1.82, 2.24) is 0 Å². The van der Waals surface area contributed by atoms with Crippen molar-refractivity contribution in [2.24, 2.45) is 45.3 Å². The van der Waals surface area contributed by atoms with Crippen LogP contribution < -0.4 is 0 Å². The number of aliphatic hydroxyl groups is 1. The van der Waals surface area contributed by atoms with E-state index in [0.29, 0.717) is 41.1 Å². The van der Waals surface area contributed by atoms with Gasteiger partial charge < -0.3 is 5.11 Å². The normalized spacial score (nSPS) is 43.8. The number of allylic oxidation sites excluding steroid dienone is 3. The molecule has 4 aliphatic carbocycles. The van der Waals surface area contributed by atoms with Crippen molar-refractivity contribution in [3.63, 3.8) is 0 Å². The number of rotatable bonds is 5. The molecule has 8 atom stereocenters. The summed E-state index contributed by atoms with van der Waals surface area (Å²) in [6, 6.07) is 0. The molecule has 0 aliphatic heterocycles. The molecule has 1 N–H and O–H groups in total. The van der Waals surface area contributed by atoms with E-state index in [1.807, 2.05) is 12.5 Å². The standard InChI is InChI=1S/C31H50O2/c1-19(2)25(32)18-20(3)21(4)22-12-16-31(9)24-10-11-26-28(5,6)27(33)14-15-29(26,7)23(24)13-17-30(22,31)8/h20-22,26-27,33H,1,10-18H2,2-9H3/t20?,21?,22?,26?,27-,29+,30+,31-/m0/s1. The highest BCUT2D eigenvalue weighted by Crippen LogP contribution is 2.72. The Balaban J connectivity index is 1.65. The van der Waals surface area contributed by atoms with Crippen LogP contribution in [-0.4, -0.2) is 17.0 Å². The summed E-state index contributed by atoms with van der Waals surface area (Å²) in [6.07, 6.45) is 10.1. The molecule has 0 bridgehead atoms. The fourth-order valence-electron chi connectivity index (χ4n) is 9.61. The van der Waals surface area contributed by atoms with Gasteiger partial charge >= 0.3 is 0 Å². The molecule has 4 unspecified atom stereocenters. The highest BCUT2D eigenvalue weighted by atomic mass is 16.3. The molecule has 2 saturated carbocycles. The van der Waals surface area contributed by atoms with Crippen LogP contribution in [0.25, 0.3) is 0 Å². The highest BCUT2D eigenvalue weighted by Gasteiger charge is 2.63. The minimum absolute atomic E-state index is 0.00512. The Morgan fingerprint density at radius 3 is 2.30 bits per heavy atom. The van der Waals surface area contributed by atoms with Crippen LogP contribution in [0.2, 0.25) is 0 Å². The summed E-state index contributed by atoms with van der Waals surface area (Å²) in [5, 5.41) is 10.8. The van der Waals surface area contributed by atoms with Gasteiger partial charge in [-0.25, -0.2) is 0 Å². The lowest BCUT2D eigenvalue weighted by atomic mass is 9.43. The van der Waals surface area contributed by atoms with Crippen molar-refractivity contribution in [1.29, 1.82) is 0 Å². The summed E-state index contributed by atoms with van der Waals surface area (Å²) in [6.45, 7) is 22.8. The second-order valence-corrected chi connectivity index (χ2v) is 14.0. The monoisotopic (exact) mass is 454 g/mol. The Bertz CT molecular complexity index is 864. The fourth-order valence-corrected chi connectivity index (χ4v) is 9.61. The molecule has 4 aliphatic rings. The predicted octanol–water partition coefficient (Wildman–Crippen LogP) is 7.90. The highest BCUT2D eigenvalue weighted by molar-refractivity contribution is 5.94. The molecule has 2 nitrogen and oxygen atoms in total. The van der Waals surface area contributed by atoms with Gasteiger partial charge in [0.15, 0.2) is 5.78 Å². The van der Waals surface area contributed by atoms with Gasteiger partial charge in [-0.1, -0.05) is 66.2 Å². The van der Waals surface area contributed by atoms with Gasteiger partial charge in [-0.3, -0.25) is 4.79 Å². The molecule has 0 aromatic carbocycles. The maximum absolute atomic E-state index is 12.4. The SMILES string of the molecule is C=C(C)C(=O)CC(C)C(C)C1CC[C@@]2(C)C3=C(CC[C@]12C)[C@@]1(C)CC[C@H](O)C(C)(C)C1CC3. The van der Waals surface area contributed by atoms with Crippen LogP contribution in [0.4, 0.5) is 0 Å². The van der Waals surface area contributed by atoms with E-state index in [9.17, 15) is 9.90 Å². The summed E-state index contributed by atoms with van der Waals surface area (Å²) in [5.74, 6) is 2.47. The van der Waals surface area contributed by atoms with Crippen LogP contribution in [0.3, 0.4) is 0 Å². The third-order valence-electron chi connectivity index (χ3n) is 12.3. The Labute approximate surface area is 203 Å². The molecule has 2 fully saturated rings. The fraction of sp³-hybridized carbons (Fsp3) is 0.839. The van der Waals surface area contributed by atoms with Crippen LogP contribution >= 0.6 is 0 Å². The van der Waals surface area contributed by atoms with E-state index in [4.69, 9.17) is 0 Å². The van der Waals surface area contributed by atoms with Crippen molar-refractivity contribution in [3.05, 3.63) is 23.3 Å². The number of hydrogen-bond donors (Lipinski definition) is 1. The second-order valence-electron chi connectivity index (χ2n) is 14.0. The molecule has 0 spiro atoms. The minimum Gasteiger partial charge on any atom is -0.393 e. The number of fused-ring (bicyclic) bond motifs is 4. The second kappa shape index (κ2) is 8.07. The summed E-state index contributed by atoms with van der Waals surface area (Å²) in [5.41, 5.74) is 5.16. The van der Waals surface area contributed by atoms with Crippen LogP contribution in [0.15, 0.2) is 23.3 Å². The zero-order chi connectivity index (χ0) is 24.6. The van der Waals surface area contributed by atoms with E-state index in [2.05, 4.69) is 55.0 Å². The molecular weight excluding hydrogens is 404 g/mol. The van der Waals surface area contributed by atoms with Crippen molar-refractivity contribution in [2.45, 2.75) is 119 Å². The molecule has 0 heterocycles. The molecule has 0 radical (unpaired) electrons. The summed E-state index contributed by atoms with van der Waals surface area (Å²) >= 11 is 0. The number of carbonyl (C=O) groups excluding carboxylic acids is 1. The van der Waals surface area contributed by atoms with Gasteiger partial charge in [0.2, 0.25) is 0 Å². The van der Waals surface area contributed by atoms with Crippen molar-refractivity contribution < 1.29 is 9.90 Å². The Kier molecular flexibility index (Phi) is 6.17. The average molecular weight is 455 g/mol. The number of hydrogen-bond acceptors (Lipinski definition) is 2. The van der Waals surface area contributed by atoms with Gasteiger partial charge in [0, 0.05) is 6.42 Å². The minimum atomic E-state index is -0.165. The molecule has 4 rings (SSSR count). The molecule has 186 valence electrons. The first-order valence-electron chi connectivity index (χ1n) is 13.8. The van der Waals surface area contributed by atoms with E-state index in [1.165, 1.54) is 38.5 Å². The first-order valence-corrected chi connectivity index (χ1v) is 13.8. The van der Waals surface area contributed by atoms with E-state index in [-0.39, 0.29) is 28.1 Å². The van der Waals surface area contributed by atoms with Crippen LogP contribution in [0.1, 0.15) is 113 Å². The molecular formula is C31H50O2. The molecule has 0 amide bonds. The van der Waals surface area contributed by atoms with E-state index < -0.39 is 0 Å².